The molecule has 3 rings (SSSR count). The van der Waals surface area contributed by atoms with Crippen molar-refractivity contribution in [3.63, 3.8) is 0 Å². The minimum absolute atomic E-state index is 0.122. The molecule has 1 fully saturated rings. The molecule has 24 heavy (non-hydrogen) atoms. The Balaban J connectivity index is 1.56. The van der Waals surface area contributed by atoms with Crippen molar-refractivity contribution < 1.29 is 27.6 Å². The van der Waals surface area contributed by atoms with Crippen LogP contribution in [-0.4, -0.2) is 22.7 Å². The predicted molar refractivity (Wildman–Crippen MR) is 77.2 cm³/mol. The number of benzene rings is 1. The zero-order chi connectivity index (χ0) is 17.3. The lowest BCUT2D eigenvalue weighted by atomic mass is 10.1. The van der Waals surface area contributed by atoms with Crippen molar-refractivity contribution in [2.45, 2.75) is 31.0 Å². The van der Waals surface area contributed by atoms with Gasteiger partial charge in [-0.15, -0.1) is 0 Å². The number of alkyl halides is 3. The second kappa shape index (κ2) is 6.27. The van der Waals surface area contributed by atoms with Crippen molar-refractivity contribution in [3.8, 4) is 0 Å². The van der Waals surface area contributed by atoms with Gasteiger partial charge in [0, 0.05) is 18.5 Å². The molecule has 1 saturated carbocycles. The lowest BCUT2D eigenvalue weighted by Crippen LogP contribution is -2.28. The van der Waals surface area contributed by atoms with Crippen LogP contribution in [0.25, 0.3) is 0 Å². The fraction of sp³-hybridized carbons (Fsp3) is 0.375. The molecule has 8 heteroatoms. The molecule has 0 saturated heterocycles. The van der Waals surface area contributed by atoms with Crippen LogP contribution in [0.5, 0.6) is 0 Å². The highest BCUT2D eigenvalue weighted by molar-refractivity contribution is 5.92. The summed E-state index contributed by atoms with van der Waals surface area (Å²) in [5, 5.41) is 16.1. The van der Waals surface area contributed by atoms with Gasteiger partial charge in [0.25, 0.3) is 5.91 Å². The number of rotatable bonds is 5. The van der Waals surface area contributed by atoms with E-state index < -0.39 is 23.8 Å². The summed E-state index contributed by atoms with van der Waals surface area (Å²) in [5.74, 6) is 0.497. The Hall–Kier alpha value is -2.35. The van der Waals surface area contributed by atoms with Crippen LogP contribution in [-0.2, 0) is 6.18 Å². The summed E-state index contributed by atoms with van der Waals surface area (Å²) in [4.78, 5) is 11.9. The quantitative estimate of drug-likeness (QED) is 0.877. The number of halogens is 3. The average Bonchev–Trinajstić information content (AvgIpc) is 3.28. The van der Waals surface area contributed by atoms with Gasteiger partial charge in [-0.3, -0.25) is 4.79 Å². The Bertz CT molecular complexity index is 721. The van der Waals surface area contributed by atoms with Gasteiger partial charge >= 0.3 is 6.18 Å². The van der Waals surface area contributed by atoms with E-state index in [1.54, 1.807) is 6.07 Å². The standard InChI is InChI=1S/C16H15F3N2O3/c17-16(18,19)11-5-3-9(4-6-11)13(22)8-20-15(23)12-7-14(24-21-12)10-1-2-10/h3-7,10,13,22H,1-2,8H2,(H,20,23)/t13-/m0/s1. The monoisotopic (exact) mass is 340 g/mol. The van der Waals surface area contributed by atoms with E-state index in [2.05, 4.69) is 10.5 Å². The lowest BCUT2D eigenvalue weighted by Gasteiger charge is -2.13. The van der Waals surface area contributed by atoms with E-state index in [-0.39, 0.29) is 17.8 Å². The smallest absolute Gasteiger partial charge is 0.387 e. The first-order valence-electron chi connectivity index (χ1n) is 7.44. The Labute approximate surface area is 135 Å². The zero-order valence-corrected chi connectivity index (χ0v) is 12.5. The maximum absolute atomic E-state index is 12.5. The summed E-state index contributed by atoms with van der Waals surface area (Å²) in [7, 11) is 0. The second-order valence-electron chi connectivity index (χ2n) is 5.73. The minimum Gasteiger partial charge on any atom is -0.387 e. The number of carbonyl (C=O) groups excluding carboxylic acids is 1. The maximum atomic E-state index is 12.5. The zero-order valence-electron chi connectivity index (χ0n) is 12.5. The third kappa shape index (κ3) is 3.76. The van der Waals surface area contributed by atoms with Gasteiger partial charge in [-0.25, -0.2) is 0 Å². The molecule has 0 bridgehead atoms. The molecule has 1 aliphatic carbocycles. The summed E-state index contributed by atoms with van der Waals surface area (Å²) in [6.45, 7) is -0.143. The number of hydrogen-bond acceptors (Lipinski definition) is 4. The summed E-state index contributed by atoms with van der Waals surface area (Å²) in [5.41, 5.74) is -0.392. The van der Waals surface area contributed by atoms with Gasteiger partial charge < -0.3 is 14.9 Å². The molecule has 1 aromatic heterocycles. The molecule has 0 aliphatic heterocycles. The van der Waals surface area contributed by atoms with Crippen LogP contribution in [0.3, 0.4) is 0 Å². The van der Waals surface area contributed by atoms with Gasteiger partial charge in [0.2, 0.25) is 0 Å². The molecule has 128 valence electrons. The Morgan fingerprint density at radius 2 is 2.00 bits per heavy atom. The van der Waals surface area contributed by atoms with Crippen molar-refractivity contribution >= 4 is 5.91 Å². The number of carbonyl (C=O) groups is 1. The van der Waals surface area contributed by atoms with Gasteiger partial charge in [0.1, 0.15) is 5.76 Å². The largest absolute Gasteiger partial charge is 0.416 e. The number of aromatic nitrogens is 1. The van der Waals surface area contributed by atoms with Crippen molar-refractivity contribution in [2.24, 2.45) is 0 Å². The molecular formula is C16H15F3N2O3. The summed E-state index contributed by atoms with van der Waals surface area (Å²) in [6, 6.07) is 5.71. The lowest BCUT2D eigenvalue weighted by molar-refractivity contribution is -0.137. The molecule has 2 aromatic rings. The predicted octanol–water partition coefficient (Wildman–Crippen LogP) is 3.03. The first kappa shape index (κ1) is 16.5. The SMILES string of the molecule is O=C(NC[C@H](O)c1ccc(C(F)(F)F)cc1)c1cc(C2CC2)on1. The van der Waals surface area contributed by atoms with Crippen LogP contribution in [0.4, 0.5) is 13.2 Å². The molecule has 1 heterocycles. The van der Waals surface area contributed by atoms with E-state index in [0.717, 1.165) is 25.0 Å². The van der Waals surface area contributed by atoms with E-state index in [9.17, 15) is 23.1 Å². The third-order valence-electron chi connectivity index (χ3n) is 3.82. The first-order valence-corrected chi connectivity index (χ1v) is 7.44. The van der Waals surface area contributed by atoms with Gasteiger partial charge in [-0.1, -0.05) is 17.3 Å². The molecule has 0 radical (unpaired) electrons. The fourth-order valence-corrected chi connectivity index (χ4v) is 2.25. The number of nitrogens with one attached hydrogen (secondary N) is 1. The summed E-state index contributed by atoms with van der Waals surface area (Å²) in [6.07, 6.45) is -3.51. The van der Waals surface area contributed by atoms with Gasteiger partial charge in [0.15, 0.2) is 5.69 Å². The maximum Gasteiger partial charge on any atom is 0.416 e. The highest BCUT2D eigenvalue weighted by atomic mass is 19.4. The van der Waals surface area contributed by atoms with Gasteiger partial charge in [-0.2, -0.15) is 13.2 Å². The Morgan fingerprint density at radius 1 is 1.33 bits per heavy atom. The third-order valence-corrected chi connectivity index (χ3v) is 3.82. The number of amides is 1. The van der Waals surface area contributed by atoms with E-state index in [1.807, 2.05) is 0 Å². The molecule has 1 atom stereocenters. The fourth-order valence-electron chi connectivity index (χ4n) is 2.25. The van der Waals surface area contributed by atoms with Crippen LogP contribution < -0.4 is 5.32 Å². The second-order valence-corrected chi connectivity index (χ2v) is 5.73. The molecule has 1 amide bonds. The van der Waals surface area contributed by atoms with Crippen molar-refractivity contribution in [3.05, 3.63) is 52.9 Å². The minimum atomic E-state index is -4.43. The first-order chi connectivity index (χ1) is 11.3. The van der Waals surface area contributed by atoms with E-state index in [4.69, 9.17) is 4.52 Å². The topological polar surface area (TPSA) is 75.4 Å². The molecule has 0 spiro atoms. The molecule has 2 N–H and O–H groups in total. The molecule has 0 unspecified atom stereocenters. The number of hydrogen-bond donors (Lipinski definition) is 2. The van der Waals surface area contributed by atoms with Crippen LogP contribution in [0.1, 0.15) is 52.2 Å². The van der Waals surface area contributed by atoms with Crippen molar-refractivity contribution in [1.82, 2.24) is 10.5 Å². The highest BCUT2D eigenvalue weighted by Crippen LogP contribution is 2.40. The van der Waals surface area contributed by atoms with Crippen molar-refractivity contribution in [2.75, 3.05) is 6.54 Å². The summed E-state index contributed by atoms with van der Waals surface area (Å²) >= 11 is 0. The normalized spacial score (nSPS) is 16.0. The number of aliphatic hydroxyl groups excluding tert-OH is 1. The van der Waals surface area contributed by atoms with E-state index in [0.29, 0.717) is 11.7 Å². The van der Waals surface area contributed by atoms with Crippen LogP contribution in [0, 0.1) is 0 Å². The van der Waals surface area contributed by atoms with E-state index >= 15 is 0 Å². The number of nitrogens with zero attached hydrogens (tertiary/aromatic N) is 1. The Kier molecular flexibility index (Phi) is 4.31. The summed E-state index contributed by atoms with van der Waals surface area (Å²) < 4.78 is 42.5. The van der Waals surface area contributed by atoms with Crippen LogP contribution in [0.15, 0.2) is 34.9 Å². The van der Waals surface area contributed by atoms with Crippen LogP contribution in [0.2, 0.25) is 0 Å². The van der Waals surface area contributed by atoms with Crippen molar-refractivity contribution in [1.29, 1.82) is 0 Å². The average molecular weight is 340 g/mol. The van der Waals surface area contributed by atoms with Gasteiger partial charge in [-0.05, 0) is 30.5 Å². The van der Waals surface area contributed by atoms with Gasteiger partial charge in [0.05, 0.1) is 11.7 Å². The molecule has 5 nitrogen and oxygen atoms in total. The Morgan fingerprint density at radius 3 is 2.58 bits per heavy atom. The van der Waals surface area contributed by atoms with Crippen LogP contribution >= 0.6 is 0 Å². The number of aliphatic hydroxyl groups is 1. The van der Waals surface area contributed by atoms with E-state index in [1.165, 1.54) is 12.1 Å². The molecular weight excluding hydrogens is 325 g/mol. The highest BCUT2D eigenvalue weighted by Gasteiger charge is 2.30. The molecule has 1 aliphatic rings. The molecule has 1 aromatic carbocycles.